The summed E-state index contributed by atoms with van der Waals surface area (Å²) in [7, 11) is 12.4. The van der Waals surface area contributed by atoms with Gasteiger partial charge in [0.1, 0.15) is 8.37 Å². The van der Waals surface area contributed by atoms with Gasteiger partial charge in [0.15, 0.2) is 0 Å². The zero-order valence-corrected chi connectivity index (χ0v) is 9.91. The van der Waals surface area contributed by atoms with Gasteiger partial charge >= 0.3 is 0 Å². The quantitative estimate of drug-likeness (QED) is 0.635. The van der Waals surface area contributed by atoms with Crippen LogP contribution >= 0.6 is 20.8 Å². The van der Waals surface area contributed by atoms with E-state index in [2.05, 4.69) is 56.3 Å². The third kappa shape index (κ3) is 4.94. The molecule has 0 bridgehead atoms. The first-order valence-corrected chi connectivity index (χ1v) is 4.48. The maximum Gasteiger partial charge on any atom is 0.118 e. The molecule has 70 valence electrons. The Kier molecular flexibility index (Phi) is 7.91. The average Bonchev–Trinajstić information content (AvgIpc) is 1.59. The van der Waals surface area contributed by atoms with Crippen LogP contribution in [0.1, 0.15) is 0 Å². The molecule has 0 aliphatic heterocycles. The largest absolute Gasteiger partial charge is 0.264 e. The van der Waals surface area contributed by atoms with Crippen LogP contribution in [0.25, 0.3) is 0 Å². The molecule has 0 unspecified atom stereocenters. The van der Waals surface area contributed by atoms with Gasteiger partial charge in [0, 0.05) is 0 Å². The summed E-state index contributed by atoms with van der Waals surface area (Å²) in [5.74, 6) is 0. The third-order valence-electron chi connectivity index (χ3n) is 1.07. The molecule has 0 aromatic heterocycles. The lowest BCUT2D eigenvalue weighted by Crippen LogP contribution is -2.25. The number of halogens is 1. The zero-order valence-electron chi connectivity index (χ0n) is 8.20. The van der Waals surface area contributed by atoms with E-state index >= 15 is 0 Å². The highest BCUT2D eigenvalue weighted by molar-refractivity contribution is 7.49. The van der Waals surface area contributed by atoms with E-state index in [0.29, 0.717) is 0 Å². The fourth-order valence-corrected chi connectivity index (χ4v) is 3.22. The minimum Gasteiger partial charge on any atom is -0.264 e. The maximum absolute atomic E-state index is 2.23. The SMILES string of the molecule is CN(C)P(N(C)C)N(C)C.Cl. The molecular formula is C6H19ClN3P. The highest BCUT2D eigenvalue weighted by Gasteiger charge is 2.15. The molecule has 0 aliphatic rings. The van der Waals surface area contributed by atoms with Crippen LogP contribution in [0.4, 0.5) is 0 Å². The van der Waals surface area contributed by atoms with Crippen molar-refractivity contribution in [3.8, 4) is 0 Å². The second kappa shape index (κ2) is 6.15. The first kappa shape index (κ1) is 14.1. The summed E-state index contributed by atoms with van der Waals surface area (Å²) in [6.07, 6.45) is 0. The molecule has 0 rings (SSSR count). The van der Waals surface area contributed by atoms with Gasteiger partial charge in [-0.1, -0.05) is 0 Å². The summed E-state index contributed by atoms with van der Waals surface area (Å²) in [6.45, 7) is 0. The van der Waals surface area contributed by atoms with E-state index in [-0.39, 0.29) is 20.8 Å². The van der Waals surface area contributed by atoms with Crippen molar-refractivity contribution in [2.75, 3.05) is 42.3 Å². The summed E-state index contributed by atoms with van der Waals surface area (Å²) in [5, 5.41) is 0. The van der Waals surface area contributed by atoms with Crippen molar-refractivity contribution in [2.24, 2.45) is 0 Å². The number of nitrogens with zero attached hydrogens (tertiary/aromatic N) is 3. The van der Waals surface area contributed by atoms with Crippen LogP contribution in [0.5, 0.6) is 0 Å². The summed E-state index contributed by atoms with van der Waals surface area (Å²) < 4.78 is 6.69. The highest BCUT2D eigenvalue weighted by Crippen LogP contribution is 2.40. The molecule has 0 amide bonds. The minimum atomic E-state index is -0.238. The molecule has 0 fully saturated rings. The van der Waals surface area contributed by atoms with Crippen molar-refractivity contribution in [1.82, 2.24) is 14.0 Å². The van der Waals surface area contributed by atoms with Gasteiger partial charge < -0.3 is 0 Å². The van der Waals surface area contributed by atoms with E-state index in [1.807, 2.05) is 0 Å². The van der Waals surface area contributed by atoms with Gasteiger partial charge in [0.25, 0.3) is 0 Å². The fourth-order valence-electron chi connectivity index (χ4n) is 1.07. The molecule has 11 heavy (non-hydrogen) atoms. The van der Waals surface area contributed by atoms with Crippen LogP contribution in [0, 0.1) is 0 Å². The second-order valence-electron chi connectivity index (χ2n) is 2.81. The summed E-state index contributed by atoms with van der Waals surface area (Å²) in [5.41, 5.74) is 0. The second-order valence-corrected chi connectivity index (χ2v) is 5.75. The van der Waals surface area contributed by atoms with Gasteiger partial charge in [-0.3, -0.25) is 14.0 Å². The Bertz CT molecular complexity index is 78.8. The van der Waals surface area contributed by atoms with E-state index in [0.717, 1.165) is 0 Å². The van der Waals surface area contributed by atoms with Crippen molar-refractivity contribution in [3.63, 3.8) is 0 Å². The first-order chi connectivity index (χ1) is 4.46. The molecule has 0 N–H and O–H groups in total. The number of hydrogen-bond acceptors (Lipinski definition) is 3. The monoisotopic (exact) mass is 199 g/mol. The van der Waals surface area contributed by atoms with Crippen LogP contribution in [0.15, 0.2) is 0 Å². The van der Waals surface area contributed by atoms with Crippen molar-refractivity contribution in [1.29, 1.82) is 0 Å². The van der Waals surface area contributed by atoms with E-state index in [1.165, 1.54) is 0 Å². The third-order valence-corrected chi connectivity index (χ3v) is 3.22. The van der Waals surface area contributed by atoms with E-state index in [4.69, 9.17) is 0 Å². The molecule has 0 heterocycles. The lowest BCUT2D eigenvalue weighted by molar-refractivity contribution is 0.490. The van der Waals surface area contributed by atoms with Gasteiger partial charge in [-0.2, -0.15) is 0 Å². The van der Waals surface area contributed by atoms with Crippen molar-refractivity contribution < 1.29 is 0 Å². The molecule has 0 radical (unpaired) electrons. The predicted molar refractivity (Wildman–Crippen MR) is 55.2 cm³/mol. The maximum atomic E-state index is 2.23. The van der Waals surface area contributed by atoms with Crippen LogP contribution in [0.3, 0.4) is 0 Å². The molecule has 0 saturated heterocycles. The average molecular weight is 200 g/mol. The fraction of sp³-hybridized carbons (Fsp3) is 1.00. The molecule has 0 saturated carbocycles. The van der Waals surface area contributed by atoms with Gasteiger partial charge in [-0.05, 0) is 42.3 Å². The van der Waals surface area contributed by atoms with Gasteiger partial charge in [-0.15, -0.1) is 12.4 Å². The molecule has 0 atom stereocenters. The number of hydrogen-bond donors (Lipinski definition) is 0. The van der Waals surface area contributed by atoms with Crippen LogP contribution in [0.2, 0.25) is 0 Å². The van der Waals surface area contributed by atoms with Gasteiger partial charge in [0.05, 0.1) is 0 Å². The Morgan fingerprint density at radius 3 is 0.818 bits per heavy atom. The smallest absolute Gasteiger partial charge is 0.118 e. The zero-order chi connectivity index (χ0) is 8.31. The van der Waals surface area contributed by atoms with Crippen molar-refractivity contribution in [3.05, 3.63) is 0 Å². The Hall–Kier alpha value is 0.600. The summed E-state index contributed by atoms with van der Waals surface area (Å²) in [6, 6.07) is 0. The van der Waals surface area contributed by atoms with Crippen molar-refractivity contribution >= 4 is 20.8 Å². The molecule has 0 aliphatic carbocycles. The van der Waals surface area contributed by atoms with Crippen LogP contribution in [-0.4, -0.2) is 56.3 Å². The van der Waals surface area contributed by atoms with Gasteiger partial charge in [-0.25, -0.2) is 0 Å². The summed E-state index contributed by atoms with van der Waals surface area (Å²) in [4.78, 5) is 0. The van der Waals surface area contributed by atoms with Crippen LogP contribution in [-0.2, 0) is 0 Å². The topological polar surface area (TPSA) is 9.72 Å². The Morgan fingerprint density at radius 2 is 0.818 bits per heavy atom. The van der Waals surface area contributed by atoms with E-state index < -0.39 is 0 Å². The van der Waals surface area contributed by atoms with E-state index in [1.54, 1.807) is 0 Å². The minimum absolute atomic E-state index is 0. The van der Waals surface area contributed by atoms with Crippen LogP contribution < -0.4 is 0 Å². The van der Waals surface area contributed by atoms with Gasteiger partial charge in [0.2, 0.25) is 0 Å². The molecule has 3 nitrogen and oxygen atoms in total. The molecule has 0 aromatic carbocycles. The highest BCUT2D eigenvalue weighted by atomic mass is 35.5. The Balaban J connectivity index is 0. The number of rotatable bonds is 3. The first-order valence-electron chi connectivity index (χ1n) is 3.28. The van der Waals surface area contributed by atoms with Crippen molar-refractivity contribution in [2.45, 2.75) is 0 Å². The predicted octanol–water partition coefficient (Wildman–Crippen LogP) is 1.32. The van der Waals surface area contributed by atoms with E-state index in [9.17, 15) is 0 Å². The lowest BCUT2D eigenvalue weighted by Gasteiger charge is -2.34. The normalized spacial score (nSPS) is 11.5. The molecule has 5 heteroatoms. The summed E-state index contributed by atoms with van der Waals surface area (Å²) >= 11 is 0. The Morgan fingerprint density at radius 1 is 0.636 bits per heavy atom. The molecule has 0 spiro atoms. The lowest BCUT2D eigenvalue weighted by atomic mass is 11.2. The Labute approximate surface area is 77.7 Å². The standard InChI is InChI=1S/C6H18N3P.ClH/c1-7(2)10(8(3)4)9(5)6;/h1-6H3;1H. The molecular weight excluding hydrogens is 181 g/mol. The molecule has 0 aromatic rings.